The van der Waals surface area contributed by atoms with E-state index in [4.69, 9.17) is 4.98 Å². The number of nitrogens with one attached hydrogen (secondary N) is 2. The van der Waals surface area contributed by atoms with Crippen molar-refractivity contribution in [2.45, 2.75) is 51.4 Å². The summed E-state index contributed by atoms with van der Waals surface area (Å²) in [6.45, 7) is 2.38. The molecule has 0 radical (unpaired) electrons. The van der Waals surface area contributed by atoms with Crippen LogP contribution in [0.3, 0.4) is 0 Å². The Bertz CT molecular complexity index is 1760. The van der Waals surface area contributed by atoms with E-state index in [0.717, 1.165) is 28.5 Å². The number of pyridine rings is 1. The number of hydrogen-bond acceptors (Lipinski definition) is 4. The van der Waals surface area contributed by atoms with Gasteiger partial charge in [0.25, 0.3) is 5.91 Å². The second kappa shape index (κ2) is 12.6. The smallest absolute Gasteiger partial charge is 0.359 e. The second-order valence-corrected chi connectivity index (χ2v) is 10.4. The van der Waals surface area contributed by atoms with Gasteiger partial charge >= 0.3 is 6.18 Å². The number of aromatic nitrogens is 3. The van der Waals surface area contributed by atoms with Crippen LogP contribution in [0, 0.1) is 0 Å². The highest BCUT2D eigenvalue weighted by atomic mass is 19.4. The van der Waals surface area contributed by atoms with E-state index in [2.05, 4.69) is 15.6 Å². The lowest BCUT2D eigenvalue weighted by Crippen LogP contribution is -2.29. The molecule has 0 fully saturated rings. The summed E-state index contributed by atoms with van der Waals surface area (Å²) in [6, 6.07) is 17.6. The Balaban J connectivity index is 1.57. The maximum atomic E-state index is 13.9. The molecule has 1 atom stereocenters. The highest BCUT2D eigenvalue weighted by Gasteiger charge is 2.30. The summed E-state index contributed by atoms with van der Waals surface area (Å²) in [5.41, 5.74) is 2.27. The molecule has 0 aliphatic heterocycles. The normalized spacial score (nSPS) is 12.4. The minimum Gasteiger partial charge on any atom is -0.359 e. The molecule has 5 rings (SSSR count). The van der Waals surface area contributed by atoms with Crippen LogP contribution in [-0.2, 0) is 17.5 Å². The number of carbonyl (C=O) groups is 2. The topological polar surface area (TPSA) is 88.9 Å². The van der Waals surface area contributed by atoms with Crippen molar-refractivity contribution >= 4 is 33.6 Å². The Hall–Kier alpha value is -4.73. The number of alkyl halides is 3. The largest absolute Gasteiger partial charge is 0.416 e. The van der Waals surface area contributed by atoms with E-state index in [1.807, 2.05) is 41.8 Å². The molecule has 0 aliphatic carbocycles. The monoisotopic (exact) mass is 587 g/mol. The van der Waals surface area contributed by atoms with Crippen LogP contribution in [0.5, 0.6) is 0 Å². The number of halogens is 3. The summed E-state index contributed by atoms with van der Waals surface area (Å²) < 4.78 is 41.4. The molecule has 7 nitrogen and oxygen atoms in total. The van der Waals surface area contributed by atoms with Crippen LogP contribution in [-0.4, -0.2) is 33.4 Å². The first kappa shape index (κ1) is 29.8. The van der Waals surface area contributed by atoms with E-state index in [1.165, 1.54) is 12.1 Å². The zero-order valence-electron chi connectivity index (χ0n) is 23.9. The van der Waals surface area contributed by atoms with Crippen LogP contribution in [0.15, 0.2) is 79.1 Å². The summed E-state index contributed by atoms with van der Waals surface area (Å²) in [4.78, 5) is 35.3. The van der Waals surface area contributed by atoms with Gasteiger partial charge in [0.1, 0.15) is 5.82 Å². The van der Waals surface area contributed by atoms with Gasteiger partial charge in [-0.25, -0.2) is 4.98 Å². The molecule has 222 valence electrons. The number of carbonyl (C=O) groups excluding carboxylic acids is 2. The number of benzene rings is 3. The van der Waals surface area contributed by atoms with Crippen LogP contribution >= 0.6 is 0 Å². The van der Waals surface area contributed by atoms with Gasteiger partial charge < -0.3 is 15.2 Å². The molecule has 0 saturated heterocycles. The van der Waals surface area contributed by atoms with Crippen LogP contribution in [0.2, 0.25) is 0 Å². The molecular formula is C33H32F3N5O2. The number of hydrogen-bond donors (Lipinski definition) is 2. The molecule has 10 heteroatoms. The third-order valence-electron chi connectivity index (χ3n) is 7.51. The Morgan fingerprint density at radius 1 is 0.977 bits per heavy atom. The van der Waals surface area contributed by atoms with E-state index < -0.39 is 17.8 Å². The first-order valence-corrected chi connectivity index (χ1v) is 14.2. The molecule has 0 saturated carbocycles. The predicted molar refractivity (Wildman–Crippen MR) is 160 cm³/mol. The number of imidazole rings is 1. The maximum absolute atomic E-state index is 13.9. The number of amides is 2. The fourth-order valence-corrected chi connectivity index (χ4v) is 5.36. The molecule has 2 amide bonds. The van der Waals surface area contributed by atoms with Gasteiger partial charge in [0, 0.05) is 43.4 Å². The van der Waals surface area contributed by atoms with E-state index in [-0.39, 0.29) is 11.8 Å². The Labute approximate surface area is 247 Å². The van der Waals surface area contributed by atoms with Crippen molar-refractivity contribution in [1.29, 1.82) is 0 Å². The molecule has 2 N–H and O–H groups in total. The van der Waals surface area contributed by atoms with Crippen molar-refractivity contribution in [3.63, 3.8) is 0 Å². The Morgan fingerprint density at radius 2 is 1.74 bits per heavy atom. The Morgan fingerprint density at radius 3 is 2.47 bits per heavy atom. The molecule has 5 aromatic rings. The van der Waals surface area contributed by atoms with Crippen LogP contribution < -0.4 is 10.6 Å². The quantitative estimate of drug-likeness (QED) is 0.183. The number of nitrogens with zero attached hydrogens (tertiary/aromatic N) is 3. The van der Waals surface area contributed by atoms with Crippen LogP contribution in [0.4, 0.5) is 13.2 Å². The van der Waals surface area contributed by atoms with Gasteiger partial charge in [0.15, 0.2) is 0 Å². The lowest BCUT2D eigenvalue weighted by Gasteiger charge is -2.20. The Kier molecular flexibility index (Phi) is 8.75. The summed E-state index contributed by atoms with van der Waals surface area (Å²) in [6.07, 6.45) is 1.16. The van der Waals surface area contributed by atoms with Gasteiger partial charge in [-0.2, -0.15) is 13.2 Å². The third kappa shape index (κ3) is 6.38. The van der Waals surface area contributed by atoms with Gasteiger partial charge in [-0.05, 0) is 48.1 Å². The SMILES string of the molecule is CCC[C@H](NC(=O)c1cccc2nc(-c3cncc4ccccc34)n(CCCC(=O)NC)c12)c1ccc(C(F)(F)F)cc1. The lowest BCUT2D eigenvalue weighted by atomic mass is 10.00. The molecule has 0 spiro atoms. The highest BCUT2D eigenvalue weighted by Crippen LogP contribution is 2.33. The van der Waals surface area contributed by atoms with Crippen molar-refractivity contribution < 1.29 is 22.8 Å². The summed E-state index contributed by atoms with van der Waals surface area (Å²) >= 11 is 0. The maximum Gasteiger partial charge on any atom is 0.416 e. The van der Waals surface area contributed by atoms with E-state index in [1.54, 1.807) is 31.6 Å². The zero-order valence-corrected chi connectivity index (χ0v) is 23.9. The van der Waals surface area contributed by atoms with Crippen molar-refractivity contribution in [1.82, 2.24) is 25.2 Å². The minimum absolute atomic E-state index is 0.0882. The fraction of sp³-hybridized carbons (Fsp3) is 0.273. The molecule has 0 unspecified atom stereocenters. The van der Waals surface area contributed by atoms with Crippen molar-refractivity contribution in [3.05, 3.63) is 95.8 Å². The minimum atomic E-state index is -4.44. The molecule has 43 heavy (non-hydrogen) atoms. The molecule has 0 bridgehead atoms. The lowest BCUT2D eigenvalue weighted by molar-refractivity contribution is -0.137. The van der Waals surface area contributed by atoms with E-state index >= 15 is 0 Å². The zero-order chi connectivity index (χ0) is 30.6. The van der Waals surface area contributed by atoms with E-state index in [0.29, 0.717) is 60.2 Å². The molecule has 0 aliphatic rings. The average molecular weight is 588 g/mol. The van der Waals surface area contributed by atoms with Gasteiger partial charge in [-0.1, -0.05) is 55.8 Å². The second-order valence-electron chi connectivity index (χ2n) is 10.4. The number of aryl methyl sites for hydroxylation is 1. The van der Waals surface area contributed by atoms with Crippen molar-refractivity contribution in [2.75, 3.05) is 7.05 Å². The number of rotatable bonds is 10. The van der Waals surface area contributed by atoms with Crippen molar-refractivity contribution in [2.24, 2.45) is 0 Å². The third-order valence-corrected chi connectivity index (χ3v) is 7.51. The number of fused-ring (bicyclic) bond motifs is 2. The molecular weight excluding hydrogens is 555 g/mol. The first-order chi connectivity index (χ1) is 20.7. The summed E-state index contributed by atoms with van der Waals surface area (Å²) in [5.74, 6) is 0.179. The summed E-state index contributed by atoms with van der Waals surface area (Å²) in [5, 5.41) is 7.60. The van der Waals surface area contributed by atoms with Crippen LogP contribution in [0.25, 0.3) is 33.2 Å². The molecule has 3 aromatic carbocycles. The van der Waals surface area contributed by atoms with Crippen molar-refractivity contribution in [3.8, 4) is 11.4 Å². The molecule has 2 aromatic heterocycles. The first-order valence-electron chi connectivity index (χ1n) is 14.2. The summed E-state index contributed by atoms with van der Waals surface area (Å²) in [7, 11) is 1.59. The van der Waals surface area contributed by atoms with Gasteiger partial charge in [0.05, 0.1) is 28.2 Å². The highest BCUT2D eigenvalue weighted by molar-refractivity contribution is 6.06. The number of para-hydroxylation sites is 1. The van der Waals surface area contributed by atoms with Gasteiger partial charge in [0.2, 0.25) is 5.91 Å². The van der Waals surface area contributed by atoms with Crippen LogP contribution in [0.1, 0.15) is 60.1 Å². The fourth-order valence-electron chi connectivity index (χ4n) is 5.36. The average Bonchev–Trinajstić information content (AvgIpc) is 3.38. The molecule has 2 heterocycles. The standard InChI is InChI=1S/C33H32F3N5O2/c1-3-8-27(21-14-16-23(17-15-21)33(34,35)36)40-32(43)25-11-6-12-28-30(25)41(18-7-13-29(42)37-2)31(39-28)26-20-38-19-22-9-4-5-10-24(22)26/h4-6,9-12,14-17,19-20,27H,3,7-8,13,18H2,1-2H3,(H,37,42)(H,40,43)/t27-/m0/s1. The van der Waals surface area contributed by atoms with Gasteiger partial charge in [-0.3, -0.25) is 14.6 Å². The van der Waals surface area contributed by atoms with Gasteiger partial charge in [-0.15, -0.1) is 0 Å². The van der Waals surface area contributed by atoms with E-state index in [9.17, 15) is 22.8 Å². The predicted octanol–water partition coefficient (Wildman–Crippen LogP) is 7.07.